The van der Waals surface area contributed by atoms with E-state index in [0.717, 1.165) is 11.3 Å². The molecule has 0 amide bonds. The molecule has 0 saturated carbocycles. The van der Waals surface area contributed by atoms with E-state index >= 15 is 0 Å². The second-order valence-corrected chi connectivity index (χ2v) is 3.07. The molecule has 1 heterocycles. The monoisotopic (exact) mass is 213 g/mol. The van der Waals surface area contributed by atoms with Crippen molar-refractivity contribution in [2.75, 3.05) is 0 Å². The number of nitrogens with one attached hydrogen (secondary N) is 1. The number of aliphatic imine (C=N–C) groups is 1. The molecule has 1 aromatic carbocycles. The summed E-state index contributed by atoms with van der Waals surface area (Å²) in [5.41, 5.74) is 4.17. The zero-order chi connectivity index (χ0) is 11.2. The van der Waals surface area contributed by atoms with Crippen LogP contribution in [-0.2, 0) is 0 Å². The van der Waals surface area contributed by atoms with Gasteiger partial charge in [0, 0.05) is 5.56 Å². The molecule has 0 saturated heterocycles. The molecule has 3 N–H and O–H groups in total. The average molecular weight is 213 g/mol. The third-order valence-electron chi connectivity index (χ3n) is 1.99. The van der Waals surface area contributed by atoms with Gasteiger partial charge < -0.3 is 5.43 Å². The molecule has 0 aliphatic heterocycles. The van der Waals surface area contributed by atoms with Crippen LogP contribution in [0.2, 0.25) is 0 Å². The molecule has 2 aromatic rings. The first-order valence-corrected chi connectivity index (χ1v) is 4.77. The second-order valence-electron chi connectivity index (χ2n) is 3.07. The first kappa shape index (κ1) is 10.3. The number of hydrogen-bond acceptors (Lipinski definition) is 4. The smallest absolute Gasteiger partial charge is 0.149 e. The van der Waals surface area contributed by atoms with Gasteiger partial charge in [0.25, 0.3) is 0 Å². The summed E-state index contributed by atoms with van der Waals surface area (Å²) in [6.45, 7) is 0. The Hall–Kier alpha value is -2.27. The fraction of sp³-hybridized carbons (Fsp3) is 0. The highest BCUT2D eigenvalue weighted by Gasteiger charge is 2.01. The topological polar surface area (TPSA) is 76.2 Å². The summed E-state index contributed by atoms with van der Waals surface area (Å²) in [7, 11) is 0. The lowest BCUT2D eigenvalue weighted by molar-refractivity contribution is 0.994. The predicted octanol–water partition coefficient (Wildman–Crippen LogP) is 1.02. The Kier molecular flexibility index (Phi) is 3.20. The highest BCUT2D eigenvalue weighted by Crippen LogP contribution is 2.11. The van der Waals surface area contributed by atoms with E-state index < -0.39 is 0 Å². The minimum Gasteiger partial charge on any atom is -0.308 e. The van der Waals surface area contributed by atoms with Gasteiger partial charge in [0.2, 0.25) is 0 Å². The lowest BCUT2D eigenvalue weighted by Gasteiger charge is -2.04. The first-order chi connectivity index (χ1) is 7.90. The molecule has 0 bridgehead atoms. The average Bonchev–Trinajstić information content (AvgIpc) is 2.38. The van der Waals surface area contributed by atoms with Crippen molar-refractivity contribution in [3.63, 3.8) is 0 Å². The largest absolute Gasteiger partial charge is 0.308 e. The van der Waals surface area contributed by atoms with Crippen LogP contribution in [0.25, 0.3) is 0 Å². The van der Waals surface area contributed by atoms with Crippen LogP contribution in [0.15, 0.2) is 53.8 Å². The van der Waals surface area contributed by atoms with Crippen LogP contribution < -0.4 is 11.3 Å². The number of aromatic nitrogens is 2. The minimum atomic E-state index is 0.557. The van der Waals surface area contributed by atoms with Crippen molar-refractivity contribution in [1.82, 2.24) is 15.6 Å². The zero-order valence-electron chi connectivity index (χ0n) is 8.54. The fourth-order valence-electron chi connectivity index (χ4n) is 1.24. The molecule has 1 aromatic heterocycles. The Balaban J connectivity index is 2.34. The Morgan fingerprint density at radius 2 is 1.94 bits per heavy atom. The number of rotatable bonds is 2. The third kappa shape index (κ3) is 2.40. The maximum atomic E-state index is 5.42. The second kappa shape index (κ2) is 4.99. The van der Waals surface area contributed by atoms with E-state index in [2.05, 4.69) is 20.6 Å². The molecule has 0 radical (unpaired) electrons. The molecular weight excluding hydrogens is 202 g/mol. The van der Waals surface area contributed by atoms with Gasteiger partial charge >= 0.3 is 0 Å². The van der Waals surface area contributed by atoms with E-state index in [-0.39, 0.29) is 0 Å². The molecule has 0 fully saturated rings. The van der Waals surface area contributed by atoms with Crippen molar-refractivity contribution in [2.24, 2.45) is 10.8 Å². The molecule has 0 spiro atoms. The van der Waals surface area contributed by atoms with Crippen LogP contribution in [0, 0.1) is 0 Å². The van der Waals surface area contributed by atoms with E-state index in [4.69, 9.17) is 5.84 Å². The van der Waals surface area contributed by atoms with Gasteiger partial charge in [-0.3, -0.25) is 0 Å². The van der Waals surface area contributed by atoms with Crippen molar-refractivity contribution >= 4 is 11.5 Å². The van der Waals surface area contributed by atoms with Gasteiger partial charge in [-0.25, -0.2) is 10.8 Å². The van der Waals surface area contributed by atoms with Gasteiger partial charge in [0.1, 0.15) is 5.84 Å². The normalized spacial score (nSPS) is 11.2. The molecule has 5 nitrogen and oxygen atoms in total. The van der Waals surface area contributed by atoms with Crippen LogP contribution >= 0.6 is 0 Å². The number of para-hydroxylation sites is 1. The van der Waals surface area contributed by atoms with Crippen LogP contribution in [0.1, 0.15) is 5.56 Å². The summed E-state index contributed by atoms with van der Waals surface area (Å²) in [4.78, 5) is 4.36. The molecule has 0 aliphatic carbocycles. The first-order valence-electron chi connectivity index (χ1n) is 4.77. The van der Waals surface area contributed by atoms with Gasteiger partial charge in [-0.15, -0.1) is 0 Å². The highest BCUT2D eigenvalue weighted by atomic mass is 15.3. The summed E-state index contributed by atoms with van der Waals surface area (Å²) >= 11 is 0. The Bertz CT molecular complexity index is 466. The maximum absolute atomic E-state index is 5.42. The molecule has 2 rings (SSSR count). The fourth-order valence-corrected chi connectivity index (χ4v) is 1.24. The number of benzene rings is 1. The molecule has 0 aliphatic rings. The van der Waals surface area contributed by atoms with E-state index in [9.17, 15) is 0 Å². The van der Waals surface area contributed by atoms with Crippen LogP contribution in [0.5, 0.6) is 0 Å². The molecule has 80 valence electrons. The summed E-state index contributed by atoms with van der Waals surface area (Å²) in [5.74, 6) is 5.98. The summed E-state index contributed by atoms with van der Waals surface area (Å²) in [5, 5.41) is 7.46. The van der Waals surface area contributed by atoms with Crippen LogP contribution in [0.3, 0.4) is 0 Å². The van der Waals surface area contributed by atoms with Crippen LogP contribution in [-0.4, -0.2) is 16.0 Å². The van der Waals surface area contributed by atoms with E-state index in [0.29, 0.717) is 5.84 Å². The SMILES string of the molecule is NNC(=Nc1ccccc1)c1ccnnc1. The quantitative estimate of drug-likeness (QED) is 0.338. The number of amidine groups is 1. The molecular formula is C11H11N5. The van der Waals surface area contributed by atoms with Gasteiger partial charge in [0.15, 0.2) is 0 Å². The summed E-state index contributed by atoms with van der Waals surface area (Å²) in [6.07, 6.45) is 3.19. The van der Waals surface area contributed by atoms with Gasteiger partial charge in [0.05, 0.1) is 18.1 Å². The van der Waals surface area contributed by atoms with E-state index in [1.807, 2.05) is 30.3 Å². The molecule has 0 atom stereocenters. The van der Waals surface area contributed by atoms with Gasteiger partial charge in [-0.05, 0) is 18.2 Å². The van der Waals surface area contributed by atoms with Crippen molar-refractivity contribution < 1.29 is 0 Å². The maximum Gasteiger partial charge on any atom is 0.149 e. The number of nitrogens with zero attached hydrogens (tertiary/aromatic N) is 3. The molecule has 0 unspecified atom stereocenters. The number of hydrogen-bond donors (Lipinski definition) is 2. The standard InChI is InChI=1S/C11H11N5/c12-16-11(9-6-7-13-14-8-9)15-10-4-2-1-3-5-10/h1-8H,12H2,(H,15,16). The van der Waals surface area contributed by atoms with Crippen molar-refractivity contribution in [3.05, 3.63) is 54.4 Å². The number of hydrazine groups is 1. The van der Waals surface area contributed by atoms with Crippen molar-refractivity contribution in [3.8, 4) is 0 Å². The summed E-state index contributed by atoms with van der Waals surface area (Å²) in [6, 6.07) is 11.3. The van der Waals surface area contributed by atoms with E-state index in [1.54, 1.807) is 18.5 Å². The Morgan fingerprint density at radius 3 is 2.56 bits per heavy atom. The lowest BCUT2D eigenvalue weighted by Crippen LogP contribution is -2.31. The van der Waals surface area contributed by atoms with E-state index in [1.165, 1.54) is 0 Å². The third-order valence-corrected chi connectivity index (χ3v) is 1.99. The highest BCUT2D eigenvalue weighted by molar-refractivity contribution is 5.99. The van der Waals surface area contributed by atoms with Gasteiger partial charge in [-0.2, -0.15) is 10.2 Å². The molecule has 5 heteroatoms. The lowest BCUT2D eigenvalue weighted by atomic mass is 10.3. The minimum absolute atomic E-state index is 0.557. The van der Waals surface area contributed by atoms with Gasteiger partial charge in [-0.1, -0.05) is 18.2 Å². The number of nitrogens with two attached hydrogens (primary N) is 1. The predicted molar refractivity (Wildman–Crippen MR) is 62.0 cm³/mol. The zero-order valence-corrected chi connectivity index (χ0v) is 8.54. The van der Waals surface area contributed by atoms with Crippen LogP contribution in [0.4, 0.5) is 5.69 Å². The van der Waals surface area contributed by atoms with Crippen molar-refractivity contribution in [1.29, 1.82) is 0 Å². The molecule has 16 heavy (non-hydrogen) atoms. The Morgan fingerprint density at radius 1 is 1.12 bits per heavy atom. The summed E-state index contributed by atoms with van der Waals surface area (Å²) < 4.78 is 0. The Labute approximate surface area is 93.0 Å². The van der Waals surface area contributed by atoms with Crippen molar-refractivity contribution in [2.45, 2.75) is 0 Å².